The molecule has 1 aliphatic heterocycles. The summed E-state index contributed by atoms with van der Waals surface area (Å²) in [6.07, 6.45) is -0.638. The monoisotopic (exact) mass is 335 g/mol. The van der Waals surface area contributed by atoms with Crippen molar-refractivity contribution in [3.8, 4) is 0 Å². The maximum Gasteiger partial charge on any atom is 0.228 e. The van der Waals surface area contributed by atoms with Crippen molar-refractivity contribution in [1.82, 2.24) is 0 Å². The number of fused-ring (bicyclic) bond motifs is 1. The molecule has 102 valence electrons. The minimum Gasteiger partial charge on any atom is -0.384 e. The molecule has 1 atom stereocenters. The summed E-state index contributed by atoms with van der Waals surface area (Å²) in [4.78, 5) is 11.3. The third kappa shape index (κ3) is 2.34. The lowest BCUT2D eigenvalue weighted by atomic mass is 9.98. The molecular weight excluding hydrogens is 325 g/mol. The van der Waals surface area contributed by atoms with E-state index in [0.717, 1.165) is 11.3 Å². The van der Waals surface area contributed by atoms with Gasteiger partial charge in [0.25, 0.3) is 0 Å². The van der Waals surface area contributed by atoms with E-state index >= 15 is 0 Å². The second-order valence-electron chi connectivity index (χ2n) is 4.71. The van der Waals surface area contributed by atoms with E-state index in [0.29, 0.717) is 22.0 Å². The number of rotatable bonds is 2. The number of carbonyl (C=O) groups excluding carboxylic acids is 1. The van der Waals surface area contributed by atoms with Crippen LogP contribution in [0.4, 0.5) is 10.1 Å². The van der Waals surface area contributed by atoms with Crippen molar-refractivity contribution in [2.24, 2.45) is 0 Å². The third-order valence-electron chi connectivity index (χ3n) is 3.32. The Hall–Kier alpha value is -1.72. The zero-order valence-corrected chi connectivity index (χ0v) is 11.9. The SMILES string of the molecule is O=C1Cc2cc(C(O)c3cc(F)ccc3Br)ccc2N1. The number of amides is 1. The van der Waals surface area contributed by atoms with Crippen molar-refractivity contribution in [2.45, 2.75) is 12.5 Å². The van der Waals surface area contributed by atoms with Crippen LogP contribution in [0.3, 0.4) is 0 Å². The molecule has 1 heterocycles. The van der Waals surface area contributed by atoms with Gasteiger partial charge in [-0.2, -0.15) is 0 Å². The molecule has 0 saturated carbocycles. The molecule has 0 fully saturated rings. The fraction of sp³-hybridized carbons (Fsp3) is 0.133. The van der Waals surface area contributed by atoms with Crippen LogP contribution in [0.15, 0.2) is 40.9 Å². The number of benzene rings is 2. The highest BCUT2D eigenvalue weighted by molar-refractivity contribution is 9.10. The molecule has 0 aromatic heterocycles. The van der Waals surface area contributed by atoms with Crippen LogP contribution in [0, 0.1) is 5.82 Å². The van der Waals surface area contributed by atoms with Crippen molar-refractivity contribution in [3.63, 3.8) is 0 Å². The summed E-state index contributed by atoms with van der Waals surface area (Å²) in [5.74, 6) is -0.459. The standard InChI is InChI=1S/C15H11BrFNO2/c16-12-3-2-10(17)7-11(12)15(20)8-1-4-13-9(5-8)6-14(19)18-13/h1-5,7,15,20H,6H2,(H,18,19). The van der Waals surface area contributed by atoms with Gasteiger partial charge >= 0.3 is 0 Å². The molecule has 2 aromatic carbocycles. The molecule has 0 radical (unpaired) electrons. The van der Waals surface area contributed by atoms with E-state index in [9.17, 15) is 14.3 Å². The summed E-state index contributed by atoms with van der Waals surface area (Å²) in [5, 5.41) is 13.1. The molecule has 5 heteroatoms. The highest BCUT2D eigenvalue weighted by Gasteiger charge is 2.21. The summed E-state index contributed by atoms with van der Waals surface area (Å²) in [7, 11) is 0. The minimum absolute atomic E-state index is 0.0569. The highest BCUT2D eigenvalue weighted by Crippen LogP contribution is 2.32. The maximum absolute atomic E-state index is 13.3. The largest absolute Gasteiger partial charge is 0.384 e. The van der Waals surface area contributed by atoms with Crippen LogP contribution in [0.25, 0.3) is 0 Å². The van der Waals surface area contributed by atoms with Crippen LogP contribution in [-0.2, 0) is 11.2 Å². The second kappa shape index (κ2) is 5.00. The van der Waals surface area contributed by atoms with E-state index in [-0.39, 0.29) is 5.91 Å². The Labute approximate surface area is 123 Å². The average molecular weight is 336 g/mol. The van der Waals surface area contributed by atoms with Gasteiger partial charge in [0.15, 0.2) is 0 Å². The Morgan fingerprint density at radius 3 is 2.85 bits per heavy atom. The summed E-state index contributed by atoms with van der Waals surface area (Å²) in [6.45, 7) is 0. The zero-order chi connectivity index (χ0) is 14.3. The van der Waals surface area contributed by atoms with Crippen LogP contribution in [0.2, 0.25) is 0 Å². The number of aliphatic hydroxyl groups is 1. The normalized spacial score (nSPS) is 14.8. The van der Waals surface area contributed by atoms with Gasteiger partial charge < -0.3 is 10.4 Å². The first kappa shape index (κ1) is 13.3. The van der Waals surface area contributed by atoms with Crippen LogP contribution < -0.4 is 5.32 Å². The lowest BCUT2D eigenvalue weighted by Gasteiger charge is -2.14. The van der Waals surface area contributed by atoms with Crippen molar-refractivity contribution >= 4 is 27.5 Å². The molecule has 1 amide bonds. The van der Waals surface area contributed by atoms with Gasteiger partial charge in [-0.3, -0.25) is 4.79 Å². The van der Waals surface area contributed by atoms with Gasteiger partial charge in [-0.05, 0) is 35.4 Å². The molecule has 3 nitrogen and oxygen atoms in total. The summed E-state index contributed by atoms with van der Waals surface area (Å²) >= 11 is 3.31. The molecule has 0 bridgehead atoms. The molecule has 0 aliphatic carbocycles. The topological polar surface area (TPSA) is 49.3 Å². The van der Waals surface area contributed by atoms with Gasteiger partial charge in [-0.1, -0.05) is 28.1 Å². The predicted octanol–water partition coefficient (Wildman–Crippen LogP) is 3.16. The van der Waals surface area contributed by atoms with Crippen molar-refractivity contribution in [2.75, 3.05) is 5.32 Å². The molecular formula is C15H11BrFNO2. The van der Waals surface area contributed by atoms with Crippen molar-refractivity contribution < 1.29 is 14.3 Å². The van der Waals surface area contributed by atoms with Gasteiger partial charge in [-0.15, -0.1) is 0 Å². The number of halogens is 2. The van der Waals surface area contributed by atoms with E-state index in [1.165, 1.54) is 12.1 Å². The molecule has 0 spiro atoms. The third-order valence-corrected chi connectivity index (χ3v) is 4.04. The molecule has 1 aliphatic rings. The Kier molecular flexibility index (Phi) is 3.31. The molecule has 20 heavy (non-hydrogen) atoms. The quantitative estimate of drug-likeness (QED) is 0.885. The van der Waals surface area contributed by atoms with E-state index in [1.54, 1.807) is 24.3 Å². The van der Waals surface area contributed by atoms with E-state index < -0.39 is 11.9 Å². The molecule has 1 unspecified atom stereocenters. The first-order valence-electron chi connectivity index (χ1n) is 6.10. The van der Waals surface area contributed by atoms with Crippen LogP contribution in [0.1, 0.15) is 22.8 Å². The Balaban J connectivity index is 1.99. The zero-order valence-electron chi connectivity index (χ0n) is 10.4. The number of aliphatic hydroxyl groups excluding tert-OH is 1. The second-order valence-corrected chi connectivity index (χ2v) is 5.56. The van der Waals surface area contributed by atoms with E-state index in [1.807, 2.05) is 0 Å². The predicted molar refractivity (Wildman–Crippen MR) is 76.9 cm³/mol. The van der Waals surface area contributed by atoms with E-state index in [4.69, 9.17) is 0 Å². The maximum atomic E-state index is 13.3. The van der Waals surface area contributed by atoms with Gasteiger partial charge in [0.05, 0.1) is 6.42 Å². The van der Waals surface area contributed by atoms with Crippen LogP contribution in [-0.4, -0.2) is 11.0 Å². The van der Waals surface area contributed by atoms with Gasteiger partial charge in [0.2, 0.25) is 5.91 Å². The number of hydrogen-bond acceptors (Lipinski definition) is 2. The number of carbonyl (C=O) groups is 1. The van der Waals surface area contributed by atoms with Crippen molar-refractivity contribution in [1.29, 1.82) is 0 Å². The van der Waals surface area contributed by atoms with E-state index in [2.05, 4.69) is 21.2 Å². The Morgan fingerprint density at radius 2 is 2.05 bits per heavy atom. The summed E-state index contributed by atoms with van der Waals surface area (Å²) in [5.41, 5.74) is 2.71. The molecule has 2 aromatic rings. The molecule has 3 rings (SSSR count). The molecule has 0 saturated heterocycles. The number of anilines is 1. The van der Waals surface area contributed by atoms with Crippen LogP contribution in [0.5, 0.6) is 0 Å². The average Bonchev–Trinajstić information content (AvgIpc) is 2.79. The first-order chi connectivity index (χ1) is 9.54. The number of hydrogen-bond donors (Lipinski definition) is 2. The fourth-order valence-corrected chi connectivity index (χ4v) is 2.79. The molecule has 2 N–H and O–H groups in total. The lowest BCUT2D eigenvalue weighted by Crippen LogP contribution is -2.03. The number of nitrogens with one attached hydrogen (secondary N) is 1. The smallest absolute Gasteiger partial charge is 0.228 e. The van der Waals surface area contributed by atoms with Gasteiger partial charge in [-0.25, -0.2) is 4.39 Å². The summed E-state index contributed by atoms with van der Waals surface area (Å²) < 4.78 is 13.9. The fourth-order valence-electron chi connectivity index (χ4n) is 2.32. The van der Waals surface area contributed by atoms with Gasteiger partial charge in [0.1, 0.15) is 11.9 Å². The minimum atomic E-state index is -0.943. The first-order valence-corrected chi connectivity index (χ1v) is 6.89. The Bertz CT molecular complexity index is 702. The van der Waals surface area contributed by atoms with Gasteiger partial charge in [0, 0.05) is 15.7 Å². The van der Waals surface area contributed by atoms with Crippen molar-refractivity contribution in [3.05, 3.63) is 63.4 Å². The summed E-state index contributed by atoms with van der Waals surface area (Å²) in [6, 6.07) is 9.44. The van der Waals surface area contributed by atoms with Crippen LogP contribution >= 0.6 is 15.9 Å². The lowest BCUT2D eigenvalue weighted by molar-refractivity contribution is -0.115. The highest BCUT2D eigenvalue weighted by atomic mass is 79.9. The Morgan fingerprint density at radius 1 is 1.25 bits per heavy atom.